The monoisotopic (exact) mass is 318 g/mol. The predicted octanol–water partition coefficient (Wildman–Crippen LogP) is 3.16. The van der Waals surface area contributed by atoms with Gasteiger partial charge in [0.25, 0.3) is 0 Å². The van der Waals surface area contributed by atoms with Crippen LogP contribution < -0.4 is 9.47 Å². The molecule has 2 aromatic rings. The van der Waals surface area contributed by atoms with Crippen molar-refractivity contribution in [3.8, 4) is 11.5 Å². The molecule has 120 valence electrons. The molecule has 2 rings (SSSR count). The van der Waals surface area contributed by atoms with Crippen LogP contribution in [-0.4, -0.2) is 30.6 Å². The fourth-order valence-corrected chi connectivity index (χ4v) is 2.09. The van der Waals surface area contributed by atoms with Crippen LogP contribution in [-0.2, 0) is 0 Å². The van der Waals surface area contributed by atoms with Gasteiger partial charge >= 0.3 is 5.97 Å². The molecular formula is C17H15FO5. The Bertz CT molecular complexity index is 737. The van der Waals surface area contributed by atoms with Gasteiger partial charge in [-0.3, -0.25) is 4.79 Å². The summed E-state index contributed by atoms with van der Waals surface area (Å²) >= 11 is 0. The maximum Gasteiger partial charge on any atom is 0.335 e. The molecule has 0 spiro atoms. The largest absolute Gasteiger partial charge is 0.494 e. The zero-order valence-corrected chi connectivity index (χ0v) is 12.6. The standard InChI is InChI=1S/C17H15FO5/c1-3-23-12-8-9-13(22-2)15(18)14(12)16(19)10-4-6-11(7-5-10)17(20)21/h4-9H,3H2,1-2H3,(H,20,21). The maximum atomic E-state index is 14.5. The van der Waals surface area contributed by atoms with Crippen molar-refractivity contribution < 1.29 is 28.6 Å². The number of carbonyl (C=O) groups is 2. The molecule has 0 heterocycles. The second-order valence-electron chi connectivity index (χ2n) is 4.60. The van der Waals surface area contributed by atoms with Gasteiger partial charge in [-0.1, -0.05) is 12.1 Å². The zero-order chi connectivity index (χ0) is 17.0. The lowest BCUT2D eigenvalue weighted by atomic mass is 10.00. The molecule has 0 saturated heterocycles. The van der Waals surface area contributed by atoms with Crippen LogP contribution in [0, 0.1) is 5.82 Å². The van der Waals surface area contributed by atoms with Crippen molar-refractivity contribution in [2.75, 3.05) is 13.7 Å². The van der Waals surface area contributed by atoms with Crippen LogP contribution in [0.5, 0.6) is 11.5 Å². The van der Waals surface area contributed by atoms with Crippen molar-refractivity contribution in [3.05, 3.63) is 58.9 Å². The van der Waals surface area contributed by atoms with Crippen LogP contribution >= 0.6 is 0 Å². The molecule has 0 unspecified atom stereocenters. The number of carbonyl (C=O) groups excluding carboxylic acids is 1. The average molecular weight is 318 g/mol. The molecule has 0 radical (unpaired) electrons. The van der Waals surface area contributed by atoms with E-state index < -0.39 is 17.6 Å². The molecule has 1 N–H and O–H groups in total. The van der Waals surface area contributed by atoms with Gasteiger partial charge in [-0.15, -0.1) is 0 Å². The van der Waals surface area contributed by atoms with Gasteiger partial charge in [0.1, 0.15) is 11.3 Å². The van der Waals surface area contributed by atoms with Gasteiger partial charge in [0.2, 0.25) is 0 Å². The Kier molecular flexibility index (Phi) is 4.95. The van der Waals surface area contributed by atoms with Gasteiger partial charge in [0, 0.05) is 5.56 Å². The highest BCUT2D eigenvalue weighted by Crippen LogP contribution is 2.31. The number of ketones is 1. The highest BCUT2D eigenvalue weighted by Gasteiger charge is 2.23. The smallest absolute Gasteiger partial charge is 0.335 e. The SMILES string of the molecule is CCOc1ccc(OC)c(F)c1C(=O)c1ccc(C(=O)O)cc1. The lowest BCUT2D eigenvalue weighted by Gasteiger charge is -2.13. The number of benzene rings is 2. The Morgan fingerprint density at radius 2 is 1.61 bits per heavy atom. The normalized spacial score (nSPS) is 10.2. The average Bonchev–Trinajstić information content (AvgIpc) is 2.55. The van der Waals surface area contributed by atoms with Crippen molar-refractivity contribution in [1.29, 1.82) is 0 Å². The van der Waals surface area contributed by atoms with E-state index in [9.17, 15) is 14.0 Å². The number of methoxy groups -OCH3 is 1. The summed E-state index contributed by atoms with van der Waals surface area (Å²) in [5, 5.41) is 8.88. The van der Waals surface area contributed by atoms with E-state index in [0.717, 1.165) is 0 Å². The molecule has 0 saturated carbocycles. The van der Waals surface area contributed by atoms with Gasteiger partial charge in [-0.25, -0.2) is 9.18 Å². The van der Waals surface area contributed by atoms with E-state index in [2.05, 4.69) is 0 Å². The fraction of sp³-hybridized carbons (Fsp3) is 0.176. The van der Waals surface area contributed by atoms with Crippen molar-refractivity contribution in [2.24, 2.45) is 0 Å². The van der Waals surface area contributed by atoms with E-state index in [1.165, 1.54) is 43.5 Å². The number of hydrogen-bond acceptors (Lipinski definition) is 4. The molecule has 6 heteroatoms. The third-order valence-electron chi connectivity index (χ3n) is 3.21. The summed E-state index contributed by atoms with van der Waals surface area (Å²) in [6.07, 6.45) is 0. The number of carboxylic acids is 1. The molecule has 5 nitrogen and oxygen atoms in total. The third kappa shape index (κ3) is 3.31. The van der Waals surface area contributed by atoms with Crippen LogP contribution in [0.3, 0.4) is 0 Å². The highest BCUT2D eigenvalue weighted by atomic mass is 19.1. The van der Waals surface area contributed by atoms with Gasteiger partial charge in [-0.05, 0) is 31.2 Å². The lowest BCUT2D eigenvalue weighted by molar-refractivity contribution is 0.0696. The van der Waals surface area contributed by atoms with Gasteiger partial charge in [0.05, 0.1) is 19.3 Å². The van der Waals surface area contributed by atoms with Crippen LogP contribution in [0.1, 0.15) is 33.2 Å². The number of carboxylic acid groups (broad SMARTS) is 1. The first-order chi connectivity index (χ1) is 11.0. The molecular weight excluding hydrogens is 303 g/mol. The zero-order valence-electron chi connectivity index (χ0n) is 12.6. The minimum atomic E-state index is -1.11. The van der Waals surface area contributed by atoms with Crippen molar-refractivity contribution in [1.82, 2.24) is 0 Å². The minimum Gasteiger partial charge on any atom is -0.494 e. The van der Waals surface area contributed by atoms with Crippen LogP contribution in [0.2, 0.25) is 0 Å². The molecule has 0 aliphatic carbocycles. The summed E-state index contributed by atoms with van der Waals surface area (Å²) in [5.74, 6) is -2.49. The molecule has 2 aromatic carbocycles. The Labute approximate surface area is 132 Å². The summed E-state index contributed by atoms with van der Waals surface area (Å²) < 4.78 is 24.7. The molecule has 0 amide bonds. The summed E-state index contributed by atoms with van der Waals surface area (Å²) in [6.45, 7) is 1.99. The molecule has 0 atom stereocenters. The number of aromatic carboxylic acids is 1. The quantitative estimate of drug-likeness (QED) is 0.828. The van der Waals surface area contributed by atoms with Crippen molar-refractivity contribution in [3.63, 3.8) is 0 Å². The summed E-state index contributed by atoms with van der Waals surface area (Å²) in [6, 6.07) is 8.08. The van der Waals surface area contributed by atoms with Crippen LogP contribution in [0.4, 0.5) is 4.39 Å². The van der Waals surface area contributed by atoms with Gasteiger partial charge in [-0.2, -0.15) is 0 Å². The number of halogens is 1. The second kappa shape index (κ2) is 6.91. The van der Waals surface area contributed by atoms with Crippen LogP contribution in [0.15, 0.2) is 36.4 Å². The number of hydrogen-bond donors (Lipinski definition) is 1. The third-order valence-corrected chi connectivity index (χ3v) is 3.21. The second-order valence-corrected chi connectivity index (χ2v) is 4.60. The molecule has 0 aromatic heterocycles. The Hall–Kier alpha value is -2.89. The maximum absolute atomic E-state index is 14.5. The lowest BCUT2D eigenvalue weighted by Crippen LogP contribution is -2.10. The topological polar surface area (TPSA) is 72.8 Å². The molecule has 0 aliphatic rings. The first-order valence-electron chi connectivity index (χ1n) is 6.87. The number of ether oxygens (including phenoxy) is 2. The first kappa shape index (κ1) is 16.5. The molecule has 23 heavy (non-hydrogen) atoms. The first-order valence-corrected chi connectivity index (χ1v) is 6.87. The van der Waals surface area contributed by atoms with E-state index in [1.807, 2.05) is 0 Å². The highest BCUT2D eigenvalue weighted by molar-refractivity contribution is 6.11. The fourth-order valence-electron chi connectivity index (χ4n) is 2.09. The minimum absolute atomic E-state index is 0.0395. The predicted molar refractivity (Wildman–Crippen MR) is 81.0 cm³/mol. The summed E-state index contributed by atoms with van der Waals surface area (Å²) in [7, 11) is 1.30. The Balaban J connectivity index is 2.50. The molecule has 0 aliphatic heterocycles. The molecule has 0 fully saturated rings. The van der Waals surface area contributed by atoms with E-state index in [-0.39, 0.29) is 34.8 Å². The van der Waals surface area contributed by atoms with Gasteiger partial charge < -0.3 is 14.6 Å². The van der Waals surface area contributed by atoms with Gasteiger partial charge in [0.15, 0.2) is 17.3 Å². The van der Waals surface area contributed by atoms with Crippen LogP contribution in [0.25, 0.3) is 0 Å². The van der Waals surface area contributed by atoms with E-state index in [0.29, 0.717) is 0 Å². The number of rotatable bonds is 6. The Morgan fingerprint density at radius 3 is 2.13 bits per heavy atom. The van der Waals surface area contributed by atoms with Crippen molar-refractivity contribution >= 4 is 11.8 Å². The summed E-state index contributed by atoms with van der Waals surface area (Å²) in [4.78, 5) is 23.4. The van der Waals surface area contributed by atoms with E-state index >= 15 is 0 Å². The molecule has 0 bridgehead atoms. The Morgan fingerprint density at radius 1 is 1.04 bits per heavy atom. The summed E-state index contributed by atoms with van der Waals surface area (Å²) in [5.41, 5.74) is -0.0462. The van der Waals surface area contributed by atoms with E-state index in [1.54, 1.807) is 6.92 Å². The van der Waals surface area contributed by atoms with E-state index in [4.69, 9.17) is 14.6 Å². The van der Waals surface area contributed by atoms with Crippen molar-refractivity contribution in [2.45, 2.75) is 6.92 Å².